The van der Waals surface area contributed by atoms with E-state index in [1.807, 2.05) is 70.0 Å². The Morgan fingerprint density at radius 2 is 1.58 bits per heavy atom. The lowest BCUT2D eigenvalue weighted by Crippen LogP contribution is -2.60. The van der Waals surface area contributed by atoms with Gasteiger partial charge >= 0.3 is 5.97 Å². The molecule has 0 bridgehead atoms. The minimum Gasteiger partial charge on any atom is -0.459 e. The first-order valence-electron chi connectivity index (χ1n) is 23.4. The molecule has 0 amide bonds. The molecule has 2 aromatic rings. The van der Waals surface area contributed by atoms with Crippen LogP contribution in [0.2, 0.25) is 0 Å². The first-order valence-corrected chi connectivity index (χ1v) is 23.4. The van der Waals surface area contributed by atoms with Gasteiger partial charge in [0.25, 0.3) is 0 Å². The number of hydrogen-bond acceptors (Lipinski definition) is 14. The molecule has 64 heavy (non-hydrogen) atoms. The average Bonchev–Trinajstić information content (AvgIpc) is 3.70. The van der Waals surface area contributed by atoms with Crippen LogP contribution in [0.15, 0.2) is 42.7 Å². The Hall–Kier alpha value is -2.83. The average molecular weight is 902 g/mol. The number of ether oxygens (including phenoxy) is 6. The summed E-state index contributed by atoms with van der Waals surface area (Å²) in [6.45, 7) is 20.8. The Labute approximate surface area is 381 Å². The van der Waals surface area contributed by atoms with Crippen LogP contribution in [0, 0.1) is 29.1 Å². The number of aliphatic hydroxyl groups excluding tert-OH is 3. The Balaban J connectivity index is 1.48. The molecule has 0 unspecified atom stereocenters. The van der Waals surface area contributed by atoms with Gasteiger partial charge in [0.1, 0.15) is 29.7 Å². The molecule has 5 rings (SSSR count). The van der Waals surface area contributed by atoms with Gasteiger partial charge in [0.2, 0.25) is 0 Å². The predicted molar refractivity (Wildman–Crippen MR) is 240 cm³/mol. The quantitative estimate of drug-likeness (QED) is 0.207. The first kappa shape index (κ1) is 52.1. The van der Waals surface area contributed by atoms with Crippen LogP contribution < -0.4 is 0 Å². The van der Waals surface area contributed by atoms with Crippen molar-refractivity contribution in [3.8, 4) is 0 Å². The molecule has 0 spiro atoms. The van der Waals surface area contributed by atoms with Crippen molar-refractivity contribution < 1.29 is 58.4 Å². The second kappa shape index (κ2) is 21.4. The van der Waals surface area contributed by atoms with Crippen molar-refractivity contribution >= 4 is 11.8 Å². The topological polar surface area (TPSA) is 191 Å². The van der Waals surface area contributed by atoms with Crippen LogP contribution in [0.4, 0.5) is 0 Å². The Morgan fingerprint density at radius 1 is 0.906 bits per heavy atom. The lowest BCUT2D eigenvalue weighted by Gasteiger charge is -2.49. The van der Waals surface area contributed by atoms with Crippen molar-refractivity contribution in [2.24, 2.45) is 29.1 Å². The highest BCUT2D eigenvalue weighted by molar-refractivity contribution is 5.83. The largest absolute Gasteiger partial charge is 0.459 e. The number of methoxy groups -OCH3 is 1. The first-order chi connectivity index (χ1) is 29.9. The second-order valence-corrected chi connectivity index (χ2v) is 20.4. The number of nitrogens with zero attached hydrogens (tertiary/aromatic N) is 3. The van der Waals surface area contributed by atoms with Gasteiger partial charge < -0.3 is 48.8 Å². The molecule has 3 fully saturated rings. The van der Waals surface area contributed by atoms with Crippen LogP contribution in [0.25, 0.3) is 0 Å². The van der Waals surface area contributed by atoms with E-state index in [0.717, 1.165) is 18.5 Å². The number of aliphatic hydroxyl groups is 4. The van der Waals surface area contributed by atoms with Crippen molar-refractivity contribution in [1.29, 1.82) is 0 Å². The van der Waals surface area contributed by atoms with E-state index in [-0.39, 0.29) is 37.2 Å². The van der Waals surface area contributed by atoms with E-state index < -0.39 is 102 Å². The van der Waals surface area contributed by atoms with Gasteiger partial charge in [-0.2, -0.15) is 5.10 Å². The number of carbonyl (C=O) groups excluding carboxylic acids is 2. The molecular formula is C49H79N3O12. The lowest BCUT2D eigenvalue weighted by molar-refractivity contribution is -0.313. The number of esters is 1. The fraction of sp³-hybridized carbons (Fsp3) is 0.776. The Morgan fingerprint density at radius 3 is 2.22 bits per heavy atom. The summed E-state index contributed by atoms with van der Waals surface area (Å²) in [5.41, 5.74) is -1.59. The van der Waals surface area contributed by atoms with Gasteiger partial charge in [0.15, 0.2) is 12.6 Å². The summed E-state index contributed by atoms with van der Waals surface area (Å²) < 4.78 is 40.4. The fourth-order valence-electron chi connectivity index (χ4n) is 10.6. The van der Waals surface area contributed by atoms with Gasteiger partial charge in [0, 0.05) is 62.2 Å². The van der Waals surface area contributed by atoms with Crippen molar-refractivity contribution in [3.63, 3.8) is 0 Å². The molecule has 0 radical (unpaired) electrons. The van der Waals surface area contributed by atoms with Crippen LogP contribution in [0.1, 0.15) is 113 Å². The van der Waals surface area contributed by atoms with Gasteiger partial charge in [-0.3, -0.25) is 19.2 Å². The highest BCUT2D eigenvalue weighted by Gasteiger charge is 2.53. The number of carbonyl (C=O) groups is 2. The van der Waals surface area contributed by atoms with E-state index in [1.165, 1.54) is 19.6 Å². The summed E-state index contributed by atoms with van der Waals surface area (Å²) in [6.07, 6.45) is -3.69. The molecule has 0 saturated carbocycles. The van der Waals surface area contributed by atoms with E-state index >= 15 is 0 Å². The van der Waals surface area contributed by atoms with Gasteiger partial charge in [-0.05, 0) is 78.3 Å². The zero-order chi connectivity index (χ0) is 47.5. The Kier molecular flexibility index (Phi) is 17.5. The third-order valence-electron chi connectivity index (χ3n) is 14.6. The third kappa shape index (κ3) is 11.8. The summed E-state index contributed by atoms with van der Waals surface area (Å²) in [6, 6.07) is 9.91. The van der Waals surface area contributed by atoms with Crippen molar-refractivity contribution in [2.75, 3.05) is 14.2 Å². The van der Waals surface area contributed by atoms with Gasteiger partial charge in [0.05, 0.1) is 48.2 Å². The number of rotatable bonds is 12. The molecule has 15 nitrogen and oxygen atoms in total. The van der Waals surface area contributed by atoms with Crippen molar-refractivity contribution in [2.45, 2.75) is 200 Å². The maximum Gasteiger partial charge on any atom is 0.311 e. The minimum absolute atomic E-state index is 0.138. The van der Waals surface area contributed by atoms with E-state index in [1.54, 1.807) is 41.5 Å². The van der Waals surface area contributed by atoms with Crippen LogP contribution in [0.5, 0.6) is 0 Å². The number of benzene rings is 1. The monoisotopic (exact) mass is 902 g/mol. The number of Topliss-reactive ketones (excluding diaryl/α,β-unsaturated/α-hetero) is 1. The van der Waals surface area contributed by atoms with Crippen LogP contribution in [-0.4, -0.2) is 140 Å². The molecule has 1 aromatic heterocycles. The zero-order valence-corrected chi connectivity index (χ0v) is 40.5. The number of aromatic nitrogens is 2. The molecule has 3 aliphatic heterocycles. The SMILES string of the molecule is CC[C@H]1OC(=O)[C@H](C)[C@@H](O[C@H]2C[C@@](C)(OC)[C@@H](O)[C@H](C)O2)[C@H](C)[C@@H](O[C@@H]2O[C@H](C)C[C@H](N(C)Cc3cnn(CCc4ccccc4)c3)[C@H]2O)C(C)(C)C[C@@H](C)C(=O)[C@H](C)[C@@H](O)[C@]1(C)O. The summed E-state index contributed by atoms with van der Waals surface area (Å²) in [5, 5.41) is 51.2. The van der Waals surface area contributed by atoms with Crippen LogP contribution >= 0.6 is 0 Å². The van der Waals surface area contributed by atoms with Gasteiger partial charge in [-0.1, -0.05) is 71.9 Å². The number of cyclic esters (lactones) is 1. The molecule has 3 aliphatic rings. The Bertz CT molecular complexity index is 1810. The van der Waals surface area contributed by atoms with Gasteiger partial charge in [-0.15, -0.1) is 0 Å². The van der Waals surface area contributed by atoms with E-state index in [2.05, 4.69) is 22.1 Å². The molecular weight excluding hydrogens is 823 g/mol. The van der Waals surface area contributed by atoms with Crippen molar-refractivity contribution in [3.05, 3.63) is 53.9 Å². The third-order valence-corrected chi connectivity index (χ3v) is 14.6. The summed E-state index contributed by atoms with van der Waals surface area (Å²) in [5.74, 6) is -4.18. The van der Waals surface area contributed by atoms with E-state index in [0.29, 0.717) is 13.0 Å². The number of aryl methyl sites for hydroxylation is 2. The van der Waals surface area contributed by atoms with E-state index in [4.69, 9.17) is 28.4 Å². The normalized spacial score (nSPS) is 40.5. The zero-order valence-electron chi connectivity index (χ0n) is 40.5. The highest BCUT2D eigenvalue weighted by Crippen LogP contribution is 2.44. The molecule has 4 N–H and O–H groups in total. The number of likely N-dealkylation sites (N-methyl/N-ethyl adjacent to an activating group) is 1. The molecule has 17 atom stereocenters. The number of ketones is 1. The maximum absolute atomic E-state index is 14.4. The number of hydrogen-bond donors (Lipinski definition) is 4. The molecule has 3 saturated heterocycles. The minimum atomic E-state index is -1.96. The predicted octanol–water partition coefficient (Wildman–Crippen LogP) is 5.07. The lowest BCUT2D eigenvalue weighted by atomic mass is 9.69. The molecule has 1 aromatic carbocycles. The van der Waals surface area contributed by atoms with Crippen LogP contribution in [-0.2, 0) is 57.5 Å². The molecule has 362 valence electrons. The molecule has 15 heteroatoms. The highest BCUT2D eigenvalue weighted by atomic mass is 16.7. The summed E-state index contributed by atoms with van der Waals surface area (Å²) in [7, 11) is 3.49. The van der Waals surface area contributed by atoms with Crippen LogP contribution in [0.3, 0.4) is 0 Å². The molecule has 4 heterocycles. The summed E-state index contributed by atoms with van der Waals surface area (Å²) >= 11 is 0. The van der Waals surface area contributed by atoms with Gasteiger partial charge in [-0.25, -0.2) is 0 Å². The summed E-state index contributed by atoms with van der Waals surface area (Å²) in [4.78, 5) is 30.6. The standard InChI is InChI=1S/C49H79N3O12/c1-14-37-49(11,58)42(55)30(4)39(53)28(2)23-47(8,9)44(31(5)41(32(6)45(57)62-37)63-38-24-48(10,59-13)43(56)33(7)61-38)64-46-40(54)36(22-29(3)60-46)51(12)26-35-25-50-52(27-35)21-20-34-18-16-15-17-19-34/h15-19,25,27-33,36-38,40-44,46,54-56,58H,14,20-24,26H2,1-13H3/t28-,29-,30+,31+,32-,33+,36+,37-,38+,40-,41+,42-,43+,44-,46+,48-,49-/m1/s1. The fourth-order valence-corrected chi connectivity index (χ4v) is 10.6. The smallest absolute Gasteiger partial charge is 0.311 e. The van der Waals surface area contributed by atoms with Crippen molar-refractivity contribution in [1.82, 2.24) is 14.7 Å². The molecule has 0 aliphatic carbocycles. The second-order valence-electron chi connectivity index (χ2n) is 20.4. The van der Waals surface area contributed by atoms with E-state index in [9.17, 15) is 30.0 Å². The maximum atomic E-state index is 14.4.